The number of likely N-dealkylation sites (tertiary alicyclic amines) is 1. The summed E-state index contributed by atoms with van der Waals surface area (Å²) in [6.45, 7) is 5.18. The Morgan fingerprint density at radius 2 is 2.50 bits per heavy atom. The Morgan fingerprint density at radius 3 is 3.22 bits per heavy atom. The smallest absolute Gasteiger partial charge is 0.372 e. The van der Waals surface area contributed by atoms with Crippen molar-refractivity contribution in [3.8, 4) is 0 Å². The van der Waals surface area contributed by atoms with Crippen LogP contribution in [0.15, 0.2) is 16.7 Å². The Hall–Kier alpha value is -1.33. The fraction of sp³-hybridized carbons (Fsp3) is 0.615. The summed E-state index contributed by atoms with van der Waals surface area (Å²) in [6, 6.07) is 1.73. The summed E-state index contributed by atoms with van der Waals surface area (Å²) in [5.41, 5.74) is 0.736. The molecule has 1 unspecified atom stereocenters. The predicted octanol–water partition coefficient (Wildman–Crippen LogP) is 1.98. The molecule has 1 aliphatic heterocycles. The van der Waals surface area contributed by atoms with Crippen molar-refractivity contribution in [1.29, 1.82) is 0 Å². The van der Waals surface area contributed by atoms with E-state index >= 15 is 0 Å². The molecule has 0 aliphatic carbocycles. The van der Waals surface area contributed by atoms with Crippen LogP contribution < -0.4 is 0 Å². The molecule has 0 saturated carbocycles. The second kappa shape index (κ2) is 6.02. The van der Waals surface area contributed by atoms with E-state index in [4.69, 9.17) is 14.3 Å². The number of carbonyl (C=O) groups is 1. The van der Waals surface area contributed by atoms with Gasteiger partial charge in [0.1, 0.15) is 0 Å². The van der Waals surface area contributed by atoms with Crippen LogP contribution in [0.1, 0.15) is 35.9 Å². The van der Waals surface area contributed by atoms with Crippen molar-refractivity contribution in [3.63, 3.8) is 0 Å². The van der Waals surface area contributed by atoms with Gasteiger partial charge in [-0.3, -0.25) is 4.90 Å². The molecule has 0 amide bonds. The molecular weight excluding hydrogens is 234 g/mol. The van der Waals surface area contributed by atoms with Gasteiger partial charge >= 0.3 is 5.97 Å². The molecule has 1 aromatic rings. The minimum Gasteiger partial charge on any atom is -0.475 e. The van der Waals surface area contributed by atoms with Crippen molar-refractivity contribution in [3.05, 3.63) is 23.7 Å². The zero-order valence-electron chi connectivity index (χ0n) is 10.6. The van der Waals surface area contributed by atoms with Gasteiger partial charge in [-0.05, 0) is 32.4 Å². The van der Waals surface area contributed by atoms with Gasteiger partial charge in [0, 0.05) is 25.3 Å². The highest BCUT2D eigenvalue weighted by Gasteiger charge is 2.22. The van der Waals surface area contributed by atoms with Crippen LogP contribution in [-0.2, 0) is 11.3 Å². The second-order valence-corrected chi connectivity index (χ2v) is 4.53. The van der Waals surface area contributed by atoms with Crippen LogP contribution in [0.2, 0.25) is 0 Å². The summed E-state index contributed by atoms with van der Waals surface area (Å²) in [6.07, 6.45) is 3.87. The number of hydrogen-bond donors (Lipinski definition) is 1. The van der Waals surface area contributed by atoms with E-state index in [1.54, 1.807) is 6.07 Å². The number of piperidine rings is 1. The maximum atomic E-state index is 11.0. The van der Waals surface area contributed by atoms with Crippen LogP contribution in [0.5, 0.6) is 0 Å². The second-order valence-electron chi connectivity index (χ2n) is 4.53. The molecule has 0 spiro atoms. The van der Waals surface area contributed by atoms with Crippen LogP contribution in [0.3, 0.4) is 0 Å². The molecule has 0 aromatic carbocycles. The highest BCUT2D eigenvalue weighted by Crippen LogP contribution is 2.18. The van der Waals surface area contributed by atoms with Crippen LogP contribution in [0.4, 0.5) is 0 Å². The molecule has 1 N–H and O–H groups in total. The summed E-state index contributed by atoms with van der Waals surface area (Å²) < 4.78 is 10.6. The molecule has 1 fully saturated rings. The fourth-order valence-electron chi connectivity index (χ4n) is 2.42. The van der Waals surface area contributed by atoms with Gasteiger partial charge in [0.2, 0.25) is 5.76 Å². The van der Waals surface area contributed by atoms with Crippen molar-refractivity contribution < 1.29 is 19.1 Å². The molecule has 2 rings (SSSR count). The van der Waals surface area contributed by atoms with Crippen molar-refractivity contribution in [2.75, 3.05) is 19.7 Å². The molecule has 1 saturated heterocycles. The summed E-state index contributed by atoms with van der Waals surface area (Å²) in [7, 11) is 0. The average molecular weight is 253 g/mol. The average Bonchev–Trinajstić information content (AvgIpc) is 2.78. The molecule has 1 atom stereocenters. The Kier molecular flexibility index (Phi) is 4.38. The molecule has 5 nitrogen and oxygen atoms in total. The quantitative estimate of drug-likeness (QED) is 0.869. The maximum absolute atomic E-state index is 11.0. The van der Waals surface area contributed by atoms with E-state index in [2.05, 4.69) is 4.90 Å². The topological polar surface area (TPSA) is 62.9 Å². The van der Waals surface area contributed by atoms with E-state index < -0.39 is 5.97 Å². The number of ether oxygens (including phenoxy) is 1. The number of aromatic carboxylic acids is 1. The lowest BCUT2D eigenvalue weighted by Crippen LogP contribution is -2.39. The monoisotopic (exact) mass is 253 g/mol. The summed E-state index contributed by atoms with van der Waals surface area (Å²) in [5.74, 6) is -0.957. The van der Waals surface area contributed by atoms with E-state index in [-0.39, 0.29) is 11.9 Å². The highest BCUT2D eigenvalue weighted by molar-refractivity contribution is 5.86. The van der Waals surface area contributed by atoms with Gasteiger partial charge < -0.3 is 14.3 Å². The zero-order chi connectivity index (χ0) is 13.0. The number of furan rings is 1. The standard InChI is InChI=1S/C13H19NO4/c1-2-17-11-4-3-6-14(9-11)8-10-5-7-18-12(10)13(15)16/h5,7,11H,2-4,6,8-9H2,1H3,(H,15,16). The third kappa shape index (κ3) is 3.11. The van der Waals surface area contributed by atoms with Crippen molar-refractivity contribution in [2.24, 2.45) is 0 Å². The first-order valence-corrected chi connectivity index (χ1v) is 6.34. The van der Waals surface area contributed by atoms with E-state index in [0.717, 1.165) is 38.1 Å². The number of carboxylic acids is 1. The Bertz CT molecular complexity index is 399. The number of carboxylic acid groups (broad SMARTS) is 1. The molecule has 1 aliphatic rings. The van der Waals surface area contributed by atoms with Crippen molar-refractivity contribution in [2.45, 2.75) is 32.4 Å². The van der Waals surface area contributed by atoms with Crippen LogP contribution in [0.25, 0.3) is 0 Å². The minimum absolute atomic E-state index is 0.0496. The van der Waals surface area contributed by atoms with E-state index in [0.29, 0.717) is 6.54 Å². The summed E-state index contributed by atoms with van der Waals surface area (Å²) >= 11 is 0. The SMILES string of the molecule is CCOC1CCCN(Cc2ccoc2C(=O)O)C1. The first kappa shape index (κ1) is 13.1. The van der Waals surface area contributed by atoms with Gasteiger partial charge in [0.25, 0.3) is 0 Å². The lowest BCUT2D eigenvalue weighted by atomic mass is 10.1. The molecular formula is C13H19NO4. The molecule has 100 valence electrons. The normalized spacial score (nSPS) is 21.1. The van der Waals surface area contributed by atoms with Gasteiger partial charge in [-0.15, -0.1) is 0 Å². The van der Waals surface area contributed by atoms with Gasteiger partial charge in [0.05, 0.1) is 12.4 Å². The largest absolute Gasteiger partial charge is 0.475 e. The van der Waals surface area contributed by atoms with Gasteiger partial charge in [0.15, 0.2) is 0 Å². The molecule has 0 bridgehead atoms. The maximum Gasteiger partial charge on any atom is 0.372 e. The molecule has 18 heavy (non-hydrogen) atoms. The van der Waals surface area contributed by atoms with Gasteiger partial charge in [-0.2, -0.15) is 0 Å². The van der Waals surface area contributed by atoms with Crippen LogP contribution in [-0.4, -0.2) is 41.8 Å². The Balaban J connectivity index is 1.96. The third-order valence-electron chi connectivity index (χ3n) is 3.20. The lowest BCUT2D eigenvalue weighted by molar-refractivity contribution is 0.00348. The fourth-order valence-corrected chi connectivity index (χ4v) is 2.42. The first-order chi connectivity index (χ1) is 8.70. The lowest BCUT2D eigenvalue weighted by Gasteiger charge is -2.32. The van der Waals surface area contributed by atoms with Crippen LogP contribution >= 0.6 is 0 Å². The van der Waals surface area contributed by atoms with Crippen LogP contribution in [0, 0.1) is 0 Å². The molecule has 5 heteroatoms. The van der Waals surface area contributed by atoms with E-state index in [1.807, 2.05) is 6.92 Å². The number of hydrogen-bond acceptors (Lipinski definition) is 4. The van der Waals surface area contributed by atoms with Crippen molar-refractivity contribution in [1.82, 2.24) is 4.90 Å². The minimum atomic E-state index is -1.01. The summed E-state index contributed by atoms with van der Waals surface area (Å²) in [5, 5.41) is 8.98. The Labute approximate surface area is 106 Å². The van der Waals surface area contributed by atoms with Crippen molar-refractivity contribution >= 4 is 5.97 Å². The zero-order valence-corrected chi connectivity index (χ0v) is 10.6. The molecule has 0 radical (unpaired) electrons. The number of rotatable bonds is 5. The highest BCUT2D eigenvalue weighted by atomic mass is 16.5. The van der Waals surface area contributed by atoms with Gasteiger partial charge in [-0.1, -0.05) is 0 Å². The predicted molar refractivity (Wildman–Crippen MR) is 65.6 cm³/mol. The van der Waals surface area contributed by atoms with E-state index in [1.165, 1.54) is 6.26 Å². The first-order valence-electron chi connectivity index (χ1n) is 6.34. The molecule has 2 heterocycles. The third-order valence-corrected chi connectivity index (χ3v) is 3.20. The van der Waals surface area contributed by atoms with E-state index in [9.17, 15) is 4.79 Å². The molecule has 1 aromatic heterocycles. The van der Waals surface area contributed by atoms with Gasteiger partial charge in [-0.25, -0.2) is 4.79 Å². The Morgan fingerprint density at radius 1 is 1.67 bits per heavy atom. The summed E-state index contributed by atoms with van der Waals surface area (Å²) in [4.78, 5) is 13.2. The number of nitrogens with zero attached hydrogens (tertiary/aromatic N) is 1.